The molecule has 8 heteroatoms. The van der Waals surface area contributed by atoms with Gasteiger partial charge in [-0.2, -0.15) is 13.2 Å². The molecule has 24 heavy (non-hydrogen) atoms. The first-order valence-electron chi connectivity index (χ1n) is 8.91. The van der Waals surface area contributed by atoms with E-state index in [4.69, 9.17) is 0 Å². The average Bonchev–Trinajstić information content (AvgIpc) is 3.24. The van der Waals surface area contributed by atoms with E-state index in [1.165, 1.54) is 24.7 Å². The highest BCUT2D eigenvalue weighted by Gasteiger charge is 2.41. The maximum atomic E-state index is 12.8. The smallest absolute Gasteiger partial charge is 0.334 e. The third-order valence-electron chi connectivity index (χ3n) is 5.44. The van der Waals surface area contributed by atoms with Crippen molar-refractivity contribution in [3.63, 3.8) is 0 Å². The summed E-state index contributed by atoms with van der Waals surface area (Å²) in [6, 6.07) is -1.41. The molecule has 0 radical (unpaired) electrons. The first-order valence-corrected chi connectivity index (χ1v) is 8.91. The first-order chi connectivity index (χ1) is 11.3. The molecule has 1 N–H and O–H groups in total. The maximum Gasteiger partial charge on any atom is 0.403 e. The van der Waals surface area contributed by atoms with Crippen molar-refractivity contribution in [3.8, 4) is 0 Å². The summed E-state index contributed by atoms with van der Waals surface area (Å²) in [4.78, 5) is 17.8. The number of halogens is 3. The van der Waals surface area contributed by atoms with E-state index in [0.717, 1.165) is 32.0 Å². The monoisotopic (exact) mass is 348 g/mol. The van der Waals surface area contributed by atoms with Gasteiger partial charge in [0.2, 0.25) is 0 Å². The van der Waals surface area contributed by atoms with Gasteiger partial charge < -0.3 is 15.1 Å². The third kappa shape index (κ3) is 4.53. The Morgan fingerprint density at radius 2 is 1.79 bits per heavy atom. The number of urea groups is 1. The van der Waals surface area contributed by atoms with Crippen molar-refractivity contribution >= 4 is 6.03 Å². The van der Waals surface area contributed by atoms with E-state index >= 15 is 0 Å². The molecule has 1 aliphatic carbocycles. The van der Waals surface area contributed by atoms with Crippen LogP contribution in [-0.4, -0.2) is 84.8 Å². The summed E-state index contributed by atoms with van der Waals surface area (Å²) in [6.07, 6.45) is -0.592. The second kappa shape index (κ2) is 7.07. The molecular weight excluding hydrogens is 321 g/mol. The molecule has 0 aromatic heterocycles. The zero-order chi connectivity index (χ0) is 17.3. The summed E-state index contributed by atoms with van der Waals surface area (Å²) in [7, 11) is 0. The van der Waals surface area contributed by atoms with Crippen molar-refractivity contribution in [1.29, 1.82) is 0 Å². The van der Waals surface area contributed by atoms with Crippen LogP contribution in [0.15, 0.2) is 0 Å². The highest BCUT2D eigenvalue weighted by Crippen LogP contribution is 2.30. The van der Waals surface area contributed by atoms with Gasteiger partial charge in [0.25, 0.3) is 0 Å². The minimum absolute atomic E-state index is 0.132. The lowest BCUT2D eigenvalue weighted by Gasteiger charge is -2.38. The lowest BCUT2D eigenvalue weighted by Crippen LogP contribution is -2.57. The number of nitrogens with zero attached hydrogens (tertiary/aromatic N) is 3. The Bertz CT molecular complexity index is 447. The van der Waals surface area contributed by atoms with Gasteiger partial charge in [0, 0.05) is 51.9 Å². The highest BCUT2D eigenvalue weighted by molar-refractivity contribution is 5.74. The molecule has 2 amide bonds. The summed E-state index contributed by atoms with van der Waals surface area (Å²) >= 11 is 0. The number of amides is 2. The van der Waals surface area contributed by atoms with E-state index in [-0.39, 0.29) is 25.2 Å². The van der Waals surface area contributed by atoms with Gasteiger partial charge in [-0.25, -0.2) is 4.79 Å². The van der Waals surface area contributed by atoms with Crippen molar-refractivity contribution in [2.75, 3.05) is 45.8 Å². The van der Waals surface area contributed by atoms with Gasteiger partial charge in [0.05, 0.1) is 0 Å². The van der Waals surface area contributed by atoms with Gasteiger partial charge in [-0.3, -0.25) is 4.90 Å². The van der Waals surface area contributed by atoms with Crippen LogP contribution >= 0.6 is 0 Å². The van der Waals surface area contributed by atoms with Crippen LogP contribution in [0.2, 0.25) is 0 Å². The number of hydrogen-bond acceptors (Lipinski definition) is 3. The molecule has 0 unspecified atom stereocenters. The number of piperazine rings is 1. The molecule has 3 aliphatic rings. The predicted molar refractivity (Wildman–Crippen MR) is 84.8 cm³/mol. The van der Waals surface area contributed by atoms with Gasteiger partial charge in [0.1, 0.15) is 6.04 Å². The van der Waals surface area contributed by atoms with Crippen LogP contribution in [0.3, 0.4) is 0 Å². The van der Waals surface area contributed by atoms with Gasteiger partial charge in [-0.15, -0.1) is 0 Å². The summed E-state index contributed by atoms with van der Waals surface area (Å²) < 4.78 is 38.3. The van der Waals surface area contributed by atoms with E-state index in [1.54, 1.807) is 4.90 Å². The zero-order valence-corrected chi connectivity index (χ0v) is 14.2. The molecule has 1 saturated carbocycles. The molecule has 2 heterocycles. The van der Waals surface area contributed by atoms with Crippen molar-refractivity contribution in [2.24, 2.45) is 5.92 Å². The summed E-state index contributed by atoms with van der Waals surface area (Å²) in [5, 5.41) is 3.05. The fraction of sp³-hybridized carbons (Fsp3) is 0.938. The van der Waals surface area contributed by atoms with E-state index in [9.17, 15) is 18.0 Å². The molecule has 3 fully saturated rings. The van der Waals surface area contributed by atoms with Crippen LogP contribution in [0.5, 0.6) is 0 Å². The standard InChI is InChI=1S/C16H27F3N4O/c1-12(16(17,18)19)22-6-8-23(9-7-22)15(24)20-14-4-5-21(11-14)10-13-2-3-13/h12-14H,2-11H2,1H3,(H,20,24)/t12-,14-/m1/s1. The molecule has 0 bridgehead atoms. The number of carbonyl (C=O) groups is 1. The molecule has 5 nitrogen and oxygen atoms in total. The van der Waals surface area contributed by atoms with Crippen LogP contribution in [0, 0.1) is 5.92 Å². The molecule has 0 aromatic rings. The minimum Gasteiger partial charge on any atom is -0.334 e. The minimum atomic E-state index is -4.21. The van der Waals surface area contributed by atoms with Gasteiger partial charge >= 0.3 is 12.2 Å². The normalized spacial score (nSPS) is 28.2. The molecule has 2 aliphatic heterocycles. The molecule has 0 spiro atoms. The second-order valence-corrected chi connectivity index (χ2v) is 7.38. The van der Waals surface area contributed by atoms with Gasteiger partial charge in [-0.05, 0) is 32.1 Å². The lowest BCUT2D eigenvalue weighted by molar-refractivity contribution is -0.181. The zero-order valence-electron chi connectivity index (χ0n) is 14.2. The van der Waals surface area contributed by atoms with Gasteiger partial charge in [0.15, 0.2) is 0 Å². The molecule has 3 rings (SSSR count). The van der Waals surface area contributed by atoms with Gasteiger partial charge in [-0.1, -0.05) is 0 Å². The first kappa shape index (κ1) is 17.8. The van der Waals surface area contributed by atoms with E-state index in [0.29, 0.717) is 13.1 Å². The molecule has 2 saturated heterocycles. The van der Waals surface area contributed by atoms with Crippen molar-refractivity contribution in [3.05, 3.63) is 0 Å². The van der Waals surface area contributed by atoms with E-state index in [1.807, 2.05) is 0 Å². The maximum absolute atomic E-state index is 12.8. The predicted octanol–water partition coefficient (Wildman–Crippen LogP) is 1.75. The van der Waals surface area contributed by atoms with Crippen molar-refractivity contribution < 1.29 is 18.0 Å². The van der Waals surface area contributed by atoms with Crippen LogP contribution in [0.25, 0.3) is 0 Å². The Hall–Kier alpha value is -1.02. The summed E-state index contributed by atoms with van der Waals surface area (Å²) in [5.41, 5.74) is 0. The highest BCUT2D eigenvalue weighted by atomic mass is 19.4. The largest absolute Gasteiger partial charge is 0.403 e. The number of alkyl halides is 3. The second-order valence-electron chi connectivity index (χ2n) is 7.38. The van der Waals surface area contributed by atoms with Crippen LogP contribution in [0.1, 0.15) is 26.2 Å². The quantitative estimate of drug-likeness (QED) is 0.841. The molecular formula is C16H27F3N4O. The third-order valence-corrected chi connectivity index (χ3v) is 5.44. The summed E-state index contributed by atoms with van der Waals surface area (Å²) in [5.74, 6) is 0.850. The van der Waals surface area contributed by atoms with E-state index in [2.05, 4.69) is 10.2 Å². The number of nitrogens with one attached hydrogen (secondary N) is 1. The topological polar surface area (TPSA) is 38.8 Å². The molecule has 2 atom stereocenters. The van der Waals surface area contributed by atoms with Crippen molar-refractivity contribution in [1.82, 2.24) is 20.0 Å². The Morgan fingerprint density at radius 1 is 1.12 bits per heavy atom. The Balaban J connectivity index is 1.39. The fourth-order valence-electron chi connectivity index (χ4n) is 3.57. The number of hydrogen-bond donors (Lipinski definition) is 1. The average molecular weight is 348 g/mol. The summed E-state index contributed by atoms with van der Waals surface area (Å²) in [6.45, 7) is 5.49. The number of carbonyl (C=O) groups excluding carboxylic acids is 1. The van der Waals surface area contributed by atoms with E-state index < -0.39 is 12.2 Å². The molecule has 138 valence electrons. The van der Waals surface area contributed by atoms with Crippen molar-refractivity contribution in [2.45, 2.75) is 44.4 Å². The number of rotatable bonds is 4. The Labute approximate surface area is 141 Å². The molecule has 0 aromatic carbocycles. The Morgan fingerprint density at radius 3 is 2.38 bits per heavy atom. The SMILES string of the molecule is C[C@@H](N1CCN(C(=O)N[C@@H]2CCN(CC3CC3)C2)CC1)C(F)(F)F. The number of likely N-dealkylation sites (tertiary alicyclic amines) is 1. The van der Waals surface area contributed by atoms with Crippen LogP contribution < -0.4 is 5.32 Å². The fourth-order valence-corrected chi connectivity index (χ4v) is 3.57. The van der Waals surface area contributed by atoms with Crippen LogP contribution in [0.4, 0.5) is 18.0 Å². The van der Waals surface area contributed by atoms with Crippen LogP contribution in [-0.2, 0) is 0 Å². The lowest BCUT2D eigenvalue weighted by atomic mass is 10.2. The Kier molecular flexibility index (Phi) is 5.24.